The van der Waals surface area contributed by atoms with Crippen LogP contribution in [0.4, 0.5) is 0 Å². The Bertz CT molecular complexity index is 122. The second-order valence-electron chi connectivity index (χ2n) is 1.36. The molecule has 0 saturated carbocycles. The molecule has 0 aliphatic rings. The molecule has 0 aliphatic heterocycles. The molecule has 0 bridgehead atoms. The third-order valence-electron chi connectivity index (χ3n) is 0.572. The van der Waals surface area contributed by atoms with Crippen molar-refractivity contribution >= 4 is 12.9 Å². The van der Waals surface area contributed by atoms with Gasteiger partial charge in [0.1, 0.15) is 0 Å². The molecular weight excluding hydrogens is 115 g/mol. The third-order valence-corrected chi connectivity index (χ3v) is 1.72. The van der Waals surface area contributed by atoms with Gasteiger partial charge in [0.15, 0.2) is 5.52 Å². The minimum absolute atomic E-state index is 0.757. The Balaban J connectivity index is 4.09. The molecule has 0 rings (SSSR count). The number of rotatable bonds is 1. The molecule has 3 nitrogen and oxygen atoms in total. The maximum Gasteiger partial charge on any atom is 0.174 e. The molecule has 1 unspecified atom stereocenters. The van der Waals surface area contributed by atoms with E-state index in [4.69, 9.17) is 0 Å². The summed E-state index contributed by atoms with van der Waals surface area (Å²) in [6, 6.07) is 0. The van der Waals surface area contributed by atoms with Crippen LogP contribution in [0.5, 0.6) is 0 Å². The van der Waals surface area contributed by atoms with Crippen LogP contribution >= 0.6 is 7.37 Å². The highest BCUT2D eigenvalue weighted by atomic mass is 31.2. The molecule has 0 aromatic carbocycles. The first-order valence-electron chi connectivity index (χ1n) is 1.74. The summed E-state index contributed by atoms with van der Waals surface area (Å²) in [4.78, 5) is 19.9. The lowest BCUT2D eigenvalue weighted by Crippen LogP contribution is -2.05. The van der Waals surface area contributed by atoms with Crippen molar-refractivity contribution in [2.45, 2.75) is 6.92 Å². The summed E-state index contributed by atoms with van der Waals surface area (Å²) in [6.07, 6.45) is 0. The summed E-state index contributed by atoms with van der Waals surface area (Å²) < 4.78 is 10.0. The fourth-order valence-corrected chi connectivity index (χ4v) is 0. The van der Waals surface area contributed by atoms with Gasteiger partial charge in [0, 0.05) is 6.92 Å². The Labute approximate surface area is 41.8 Å². The molecule has 0 heterocycles. The molecule has 0 aromatic rings. The van der Waals surface area contributed by atoms with Crippen molar-refractivity contribution in [1.29, 1.82) is 0 Å². The molecule has 4 heteroatoms. The van der Waals surface area contributed by atoms with Crippen molar-refractivity contribution in [1.82, 2.24) is 0 Å². The second-order valence-corrected chi connectivity index (χ2v) is 3.69. The van der Waals surface area contributed by atoms with Crippen molar-refractivity contribution in [3.8, 4) is 0 Å². The molecule has 42 valence electrons. The van der Waals surface area contributed by atoms with E-state index < -0.39 is 12.9 Å². The van der Waals surface area contributed by atoms with Gasteiger partial charge in [-0.25, -0.2) is 0 Å². The maximum absolute atomic E-state index is 10.0. The predicted octanol–water partition coefficient (Wildman–Crippen LogP) is -0.199. The molecule has 0 aliphatic carbocycles. The lowest BCUT2D eigenvalue weighted by Gasteiger charge is -2.10. The molecule has 1 atom stereocenters. The molecule has 0 radical (unpaired) electrons. The maximum atomic E-state index is 10.0. The lowest BCUT2D eigenvalue weighted by atomic mass is 10.9. The zero-order valence-electron chi connectivity index (χ0n) is 4.17. The highest BCUT2D eigenvalue weighted by molar-refractivity contribution is 7.73. The van der Waals surface area contributed by atoms with Gasteiger partial charge in [-0.05, 0) is 6.66 Å². The number of hydrogen-bond donors (Lipinski definition) is 0. The molecule has 0 amide bonds. The van der Waals surface area contributed by atoms with Gasteiger partial charge in [0.2, 0.25) is 0 Å². The van der Waals surface area contributed by atoms with Gasteiger partial charge in [0.05, 0.1) is 7.37 Å². The minimum Gasteiger partial charge on any atom is -0.794 e. The van der Waals surface area contributed by atoms with Crippen LogP contribution in [0.1, 0.15) is 6.92 Å². The fraction of sp³-hybridized carbons (Fsp3) is 0.667. The summed E-state index contributed by atoms with van der Waals surface area (Å²) in [6.45, 7) is 1.95. The van der Waals surface area contributed by atoms with E-state index in [1.807, 2.05) is 0 Å². The molecule has 0 spiro atoms. The van der Waals surface area contributed by atoms with Crippen molar-refractivity contribution in [3.05, 3.63) is 0 Å². The van der Waals surface area contributed by atoms with Gasteiger partial charge < -0.3 is 9.46 Å². The van der Waals surface area contributed by atoms with Crippen LogP contribution in [-0.2, 0) is 9.36 Å². The Morgan fingerprint density at radius 3 is 1.86 bits per heavy atom. The number of hydrogen-bond acceptors (Lipinski definition) is 3. The predicted molar refractivity (Wildman–Crippen MR) is 24.2 cm³/mol. The van der Waals surface area contributed by atoms with Crippen LogP contribution in [0.15, 0.2) is 0 Å². The highest BCUT2D eigenvalue weighted by Crippen LogP contribution is 2.29. The summed E-state index contributed by atoms with van der Waals surface area (Å²) >= 11 is 0. The summed E-state index contributed by atoms with van der Waals surface area (Å²) in [5.74, 6) is 0. The van der Waals surface area contributed by atoms with E-state index in [9.17, 15) is 14.3 Å². The Morgan fingerprint density at radius 1 is 1.71 bits per heavy atom. The standard InChI is InChI=1S/C3H7O3P/c1-3(4)7(2,5)6/h1-2H3,(H,5,6)/p-1. The summed E-state index contributed by atoms with van der Waals surface area (Å²) in [7, 11) is -3.63. The molecular formula is C3H6O3P-. The van der Waals surface area contributed by atoms with Crippen LogP contribution in [0, 0.1) is 0 Å². The zero-order chi connectivity index (χ0) is 6.08. The molecule has 0 fully saturated rings. The van der Waals surface area contributed by atoms with Gasteiger partial charge in [-0.15, -0.1) is 0 Å². The molecule has 0 saturated heterocycles. The fourth-order valence-electron chi connectivity index (χ4n) is 0. The first kappa shape index (κ1) is 6.86. The summed E-state index contributed by atoms with van der Waals surface area (Å²) in [5.41, 5.74) is -0.757. The molecule has 0 aromatic heterocycles. The second kappa shape index (κ2) is 1.76. The van der Waals surface area contributed by atoms with Crippen molar-refractivity contribution < 1.29 is 14.3 Å². The quantitative estimate of drug-likeness (QED) is 0.451. The van der Waals surface area contributed by atoms with Crippen molar-refractivity contribution in [3.63, 3.8) is 0 Å². The Morgan fingerprint density at radius 2 is 1.86 bits per heavy atom. The monoisotopic (exact) mass is 121 g/mol. The normalized spacial score (nSPS) is 18.1. The van der Waals surface area contributed by atoms with Crippen LogP contribution < -0.4 is 4.89 Å². The van der Waals surface area contributed by atoms with Gasteiger partial charge in [-0.3, -0.25) is 4.79 Å². The molecule has 0 N–H and O–H groups in total. The van der Waals surface area contributed by atoms with Crippen LogP contribution in [-0.4, -0.2) is 12.2 Å². The minimum atomic E-state index is -3.63. The van der Waals surface area contributed by atoms with E-state index in [0.717, 1.165) is 13.6 Å². The number of carbonyl (C=O) groups is 1. The van der Waals surface area contributed by atoms with Crippen LogP contribution in [0.2, 0.25) is 0 Å². The highest BCUT2D eigenvalue weighted by Gasteiger charge is 2.02. The van der Waals surface area contributed by atoms with E-state index in [1.165, 1.54) is 0 Å². The first-order valence-corrected chi connectivity index (χ1v) is 3.81. The average molecular weight is 121 g/mol. The Kier molecular flexibility index (Phi) is 1.73. The summed E-state index contributed by atoms with van der Waals surface area (Å²) in [5, 5.41) is 0. The van der Waals surface area contributed by atoms with E-state index in [-0.39, 0.29) is 0 Å². The number of carbonyl (C=O) groups excluding carboxylic acids is 1. The third kappa shape index (κ3) is 2.54. The van der Waals surface area contributed by atoms with E-state index in [0.29, 0.717) is 0 Å². The van der Waals surface area contributed by atoms with Crippen LogP contribution in [0.25, 0.3) is 0 Å². The van der Waals surface area contributed by atoms with Gasteiger partial charge >= 0.3 is 0 Å². The smallest absolute Gasteiger partial charge is 0.174 e. The SMILES string of the molecule is CC(=O)P(C)(=O)[O-]. The van der Waals surface area contributed by atoms with Crippen molar-refractivity contribution in [2.24, 2.45) is 0 Å². The Hall–Kier alpha value is -0.140. The van der Waals surface area contributed by atoms with E-state index in [2.05, 4.69) is 0 Å². The van der Waals surface area contributed by atoms with Gasteiger partial charge in [-0.2, -0.15) is 0 Å². The van der Waals surface area contributed by atoms with E-state index >= 15 is 0 Å². The van der Waals surface area contributed by atoms with E-state index in [1.54, 1.807) is 0 Å². The van der Waals surface area contributed by atoms with Gasteiger partial charge in [0.25, 0.3) is 0 Å². The first-order chi connectivity index (χ1) is 2.94. The van der Waals surface area contributed by atoms with Gasteiger partial charge in [-0.1, -0.05) is 0 Å². The zero-order valence-corrected chi connectivity index (χ0v) is 5.07. The topological polar surface area (TPSA) is 57.2 Å². The van der Waals surface area contributed by atoms with Crippen molar-refractivity contribution in [2.75, 3.05) is 6.66 Å². The lowest BCUT2D eigenvalue weighted by molar-refractivity contribution is -0.177. The molecule has 7 heavy (non-hydrogen) atoms. The van der Waals surface area contributed by atoms with Crippen LogP contribution in [0.3, 0.4) is 0 Å². The average Bonchev–Trinajstić information content (AvgIpc) is 1.31. The largest absolute Gasteiger partial charge is 0.794 e.